The first-order chi connectivity index (χ1) is 8.15. The monoisotopic (exact) mass is 334 g/mol. The van der Waals surface area contributed by atoms with Crippen LogP contribution in [0.2, 0.25) is 18.1 Å². The van der Waals surface area contributed by atoms with Crippen LogP contribution in [-0.4, -0.2) is 19.8 Å². The molecule has 18 heavy (non-hydrogen) atoms. The summed E-state index contributed by atoms with van der Waals surface area (Å²) in [7, 11) is -1.68. The Hall–Kier alpha value is 0.397. The van der Waals surface area contributed by atoms with Gasteiger partial charge in [-0.15, -0.1) is 0 Å². The second kappa shape index (κ2) is 7.86. The molecule has 0 aromatic rings. The molecular formula is C15H31BrOSi. The molecule has 0 saturated carbocycles. The molecule has 0 spiro atoms. The van der Waals surface area contributed by atoms with Gasteiger partial charge < -0.3 is 4.43 Å². The van der Waals surface area contributed by atoms with Gasteiger partial charge in [-0.3, -0.25) is 0 Å². The lowest BCUT2D eigenvalue weighted by molar-refractivity contribution is 0.162. The molecule has 1 nitrogen and oxygen atoms in total. The summed E-state index contributed by atoms with van der Waals surface area (Å²) < 4.78 is 6.55. The molecular weight excluding hydrogens is 304 g/mol. The Kier molecular flexibility index (Phi) is 8.03. The van der Waals surface area contributed by atoms with E-state index in [1.807, 2.05) is 0 Å². The quantitative estimate of drug-likeness (QED) is 0.326. The molecule has 108 valence electrons. The van der Waals surface area contributed by atoms with Crippen LogP contribution in [0, 0.1) is 5.92 Å². The summed E-state index contributed by atoms with van der Waals surface area (Å²) in [5, 5.41) is 1.18. The zero-order valence-electron chi connectivity index (χ0n) is 13.2. The fraction of sp³-hybridized carbons (Fsp3) is 0.867. The zero-order valence-corrected chi connectivity index (χ0v) is 15.8. The van der Waals surface area contributed by atoms with E-state index < -0.39 is 8.32 Å². The average molecular weight is 335 g/mol. The zero-order chi connectivity index (χ0) is 14.4. The maximum Gasteiger partial charge on any atom is 0.192 e. The number of hydrogen-bond donors (Lipinski definition) is 0. The molecule has 0 radical (unpaired) electrons. The van der Waals surface area contributed by atoms with E-state index in [2.05, 4.69) is 75.8 Å². The molecule has 0 aromatic heterocycles. The highest BCUT2D eigenvalue weighted by Crippen LogP contribution is 2.38. The highest BCUT2D eigenvalue weighted by molar-refractivity contribution is 9.09. The summed E-state index contributed by atoms with van der Waals surface area (Å²) in [5.41, 5.74) is 0. The van der Waals surface area contributed by atoms with Crippen molar-refractivity contribution in [3.05, 3.63) is 12.2 Å². The molecule has 3 heteroatoms. The van der Waals surface area contributed by atoms with Crippen molar-refractivity contribution in [3.63, 3.8) is 0 Å². The van der Waals surface area contributed by atoms with Crippen LogP contribution in [0.5, 0.6) is 0 Å². The maximum absolute atomic E-state index is 6.55. The van der Waals surface area contributed by atoms with Gasteiger partial charge in [0.2, 0.25) is 0 Å². The minimum absolute atomic E-state index is 0.267. The van der Waals surface area contributed by atoms with Crippen molar-refractivity contribution < 1.29 is 4.43 Å². The van der Waals surface area contributed by atoms with Crippen molar-refractivity contribution in [3.8, 4) is 0 Å². The topological polar surface area (TPSA) is 9.23 Å². The van der Waals surface area contributed by atoms with Crippen LogP contribution in [0.15, 0.2) is 12.2 Å². The number of rotatable bonds is 7. The molecule has 0 aliphatic rings. The van der Waals surface area contributed by atoms with Gasteiger partial charge in [0.25, 0.3) is 0 Å². The lowest BCUT2D eigenvalue weighted by Crippen LogP contribution is -2.45. The molecule has 0 heterocycles. The van der Waals surface area contributed by atoms with E-state index in [-0.39, 0.29) is 11.1 Å². The van der Waals surface area contributed by atoms with Gasteiger partial charge in [0.15, 0.2) is 8.32 Å². The van der Waals surface area contributed by atoms with Crippen LogP contribution in [0.25, 0.3) is 0 Å². The van der Waals surface area contributed by atoms with Gasteiger partial charge in [-0.1, -0.05) is 69.1 Å². The van der Waals surface area contributed by atoms with E-state index in [1.54, 1.807) is 0 Å². The smallest absolute Gasteiger partial charge is 0.192 e. The highest BCUT2D eigenvalue weighted by atomic mass is 79.9. The van der Waals surface area contributed by atoms with E-state index >= 15 is 0 Å². The minimum Gasteiger partial charge on any atom is -0.410 e. The first kappa shape index (κ1) is 18.4. The molecule has 0 saturated heterocycles. The largest absolute Gasteiger partial charge is 0.410 e. The highest BCUT2D eigenvalue weighted by Gasteiger charge is 2.39. The molecule has 0 aliphatic heterocycles. The molecule has 0 aromatic carbocycles. The lowest BCUT2D eigenvalue weighted by Gasteiger charge is -2.40. The molecule has 2 unspecified atom stereocenters. The van der Waals surface area contributed by atoms with Gasteiger partial charge in [-0.25, -0.2) is 0 Å². The number of alkyl halides is 1. The number of halogens is 1. The summed E-state index contributed by atoms with van der Waals surface area (Å²) in [4.78, 5) is 0. The van der Waals surface area contributed by atoms with E-state index in [0.717, 1.165) is 5.33 Å². The van der Waals surface area contributed by atoms with Crippen LogP contribution in [0.3, 0.4) is 0 Å². The van der Waals surface area contributed by atoms with Crippen molar-refractivity contribution in [1.29, 1.82) is 0 Å². The Morgan fingerprint density at radius 3 is 2.22 bits per heavy atom. The third kappa shape index (κ3) is 6.03. The summed E-state index contributed by atoms with van der Waals surface area (Å²) in [6.07, 6.45) is 7.13. The fourth-order valence-corrected chi connectivity index (χ4v) is 3.23. The summed E-state index contributed by atoms with van der Waals surface area (Å²) in [6.45, 7) is 16.1. The van der Waals surface area contributed by atoms with Crippen LogP contribution in [0.4, 0.5) is 0 Å². The molecule has 0 aliphatic carbocycles. The Morgan fingerprint density at radius 2 is 1.83 bits per heavy atom. The van der Waals surface area contributed by atoms with Crippen molar-refractivity contribution in [2.45, 2.75) is 71.7 Å². The van der Waals surface area contributed by atoms with E-state index in [0.29, 0.717) is 5.92 Å². The van der Waals surface area contributed by atoms with E-state index in [9.17, 15) is 0 Å². The average Bonchev–Trinajstić information content (AvgIpc) is 2.22. The van der Waals surface area contributed by atoms with Crippen molar-refractivity contribution in [1.82, 2.24) is 0 Å². The van der Waals surface area contributed by atoms with Crippen molar-refractivity contribution >= 4 is 24.2 Å². The van der Waals surface area contributed by atoms with Crippen LogP contribution < -0.4 is 0 Å². The lowest BCUT2D eigenvalue weighted by atomic mass is 9.99. The molecule has 0 rings (SSSR count). The third-order valence-electron chi connectivity index (χ3n) is 3.96. The van der Waals surface area contributed by atoms with Gasteiger partial charge >= 0.3 is 0 Å². The summed E-state index contributed by atoms with van der Waals surface area (Å²) in [5.74, 6) is 0.597. The van der Waals surface area contributed by atoms with Crippen molar-refractivity contribution in [2.24, 2.45) is 5.92 Å². The molecule has 0 fully saturated rings. The second-order valence-corrected chi connectivity index (χ2v) is 12.1. The molecule has 0 amide bonds. The summed E-state index contributed by atoms with van der Waals surface area (Å²) >= 11 is 3.45. The predicted octanol–water partition coefficient (Wildman–Crippen LogP) is 5.76. The number of allylic oxidation sites excluding steroid dienone is 1. The van der Waals surface area contributed by atoms with Gasteiger partial charge in [-0.2, -0.15) is 0 Å². The first-order valence-corrected chi connectivity index (χ1v) is 11.1. The Bertz CT molecular complexity index is 256. The SMILES string of the molecule is CCCC(C)C(C=CCBr)O[Si](C)(C)C(C)(C)C. The third-order valence-corrected chi connectivity index (χ3v) is 8.80. The van der Waals surface area contributed by atoms with Gasteiger partial charge in [0.1, 0.15) is 0 Å². The normalized spacial score (nSPS) is 17.1. The molecule has 2 atom stereocenters. The van der Waals surface area contributed by atoms with E-state index in [4.69, 9.17) is 4.43 Å². The maximum atomic E-state index is 6.55. The van der Waals surface area contributed by atoms with Gasteiger partial charge in [-0.05, 0) is 30.5 Å². The Balaban J connectivity index is 4.83. The molecule has 0 N–H and O–H groups in total. The minimum atomic E-state index is -1.68. The first-order valence-electron chi connectivity index (χ1n) is 7.06. The Labute approximate surface area is 124 Å². The predicted molar refractivity (Wildman–Crippen MR) is 89.1 cm³/mol. The van der Waals surface area contributed by atoms with E-state index in [1.165, 1.54) is 12.8 Å². The second-order valence-electron chi connectivity index (χ2n) is 6.69. The van der Waals surface area contributed by atoms with Gasteiger partial charge in [0.05, 0.1) is 6.10 Å². The van der Waals surface area contributed by atoms with Crippen LogP contribution in [-0.2, 0) is 4.43 Å². The molecule has 0 bridgehead atoms. The van der Waals surface area contributed by atoms with Crippen molar-refractivity contribution in [2.75, 3.05) is 5.33 Å². The van der Waals surface area contributed by atoms with Crippen LogP contribution >= 0.6 is 15.9 Å². The summed E-state index contributed by atoms with van der Waals surface area (Å²) in [6, 6.07) is 0. The standard InChI is InChI=1S/C15H31BrOSi/c1-8-10-13(2)14(11-9-12-16)17-18(6,7)15(3,4)5/h9,11,13-14H,8,10,12H2,1-7H3. The van der Waals surface area contributed by atoms with Gasteiger partial charge in [0, 0.05) is 5.33 Å². The van der Waals surface area contributed by atoms with Crippen LogP contribution in [0.1, 0.15) is 47.5 Å². The Morgan fingerprint density at radius 1 is 1.28 bits per heavy atom. The fourth-order valence-electron chi connectivity index (χ4n) is 1.67. The number of hydrogen-bond acceptors (Lipinski definition) is 1.